The predicted molar refractivity (Wildman–Crippen MR) is 84.4 cm³/mol. The summed E-state index contributed by atoms with van der Waals surface area (Å²) in [5, 5.41) is 10.1. The molecule has 3 atom stereocenters. The minimum atomic E-state index is -0.325. The van der Waals surface area contributed by atoms with E-state index in [0.29, 0.717) is 32.6 Å². The molecular weight excluding hydrogens is 297 g/mol. The summed E-state index contributed by atoms with van der Waals surface area (Å²) >= 11 is 0. The minimum Gasteiger partial charge on any atom is -0.393 e. The van der Waals surface area contributed by atoms with E-state index in [2.05, 4.69) is 0 Å². The maximum atomic E-state index is 12.9. The number of amides is 1. The second kappa shape index (κ2) is 7.41. The molecule has 5 heteroatoms. The molecule has 1 aliphatic carbocycles. The van der Waals surface area contributed by atoms with Gasteiger partial charge < -0.3 is 14.7 Å². The molecule has 1 saturated carbocycles. The summed E-state index contributed by atoms with van der Waals surface area (Å²) in [5.74, 6) is -0.0321. The normalized spacial score (nSPS) is 28.1. The van der Waals surface area contributed by atoms with Crippen LogP contribution in [0.5, 0.6) is 0 Å². The first-order valence-electron chi connectivity index (χ1n) is 8.45. The summed E-state index contributed by atoms with van der Waals surface area (Å²) < 4.78 is 18.5. The molecule has 3 rings (SSSR count). The summed E-state index contributed by atoms with van der Waals surface area (Å²) in [5.41, 5.74) is 0.963. The quantitative estimate of drug-likeness (QED) is 0.924. The first-order chi connectivity index (χ1) is 11.1. The van der Waals surface area contributed by atoms with Gasteiger partial charge in [0.1, 0.15) is 5.82 Å². The van der Waals surface area contributed by atoms with Crippen LogP contribution in [-0.4, -0.2) is 47.8 Å². The molecular formula is C18H24FNO3. The molecule has 126 valence electrons. The van der Waals surface area contributed by atoms with Crippen LogP contribution in [0.25, 0.3) is 0 Å². The molecule has 0 aromatic heterocycles. The van der Waals surface area contributed by atoms with Crippen LogP contribution in [0, 0.1) is 11.7 Å². The van der Waals surface area contributed by atoms with Crippen molar-refractivity contribution in [3.05, 3.63) is 35.6 Å². The van der Waals surface area contributed by atoms with Crippen molar-refractivity contribution in [1.82, 2.24) is 4.90 Å². The summed E-state index contributed by atoms with van der Waals surface area (Å²) in [4.78, 5) is 14.5. The first-order valence-corrected chi connectivity index (χ1v) is 8.45. The molecule has 1 N–H and O–H groups in total. The molecule has 1 amide bonds. The van der Waals surface area contributed by atoms with Gasteiger partial charge in [-0.25, -0.2) is 4.39 Å². The van der Waals surface area contributed by atoms with Crippen LogP contribution in [0.15, 0.2) is 24.3 Å². The van der Waals surface area contributed by atoms with Crippen molar-refractivity contribution in [3.63, 3.8) is 0 Å². The zero-order chi connectivity index (χ0) is 16.2. The number of carbonyl (C=O) groups excluding carboxylic acids is 1. The Hall–Kier alpha value is -1.46. The van der Waals surface area contributed by atoms with Gasteiger partial charge in [0.15, 0.2) is 0 Å². The topological polar surface area (TPSA) is 49.8 Å². The van der Waals surface area contributed by atoms with E-state index < -0.39 is 0 Å². The third-order valence-electron chi connectivity index (χ3n) is 5.05. The Morgan fingerprint density at radius 1 is 1.30 bits per heavy atom. The number of nitrogens with zero attached hydrogens (tertiary/aromatic N) is 1. The zero-order valence-electron chi connectivity index (χ0n) is 13.3. The van der Waals surface area contributed by atoms with Gasteiger partial charge in [-0.15, -0.1) is 0 Å². The Kier molecular flexibility index (Phi) is 5.28. The summed E-state index contributed by atoms with van der Waals surface area (Å²) in [6.07, 6.45) is 3.48. The number of halogens is 1. The standard InChI is InChI=1S/C18H24FNO3/c19-14-7-4-13(5-8-14)6-9-18(22)20-10-11-23-12-16(20)15-2-1-3-17(15)21/h4-5,7-8,15-17,21H,1-3,6,9-12H2/t15-,16-,17+/m1/s1. The molecule has 0 radical (unpaired) electrons. The fourth-order valence-electron chi connectivity index (χ4n) is 3.75. The van der Waals surface area contributed by atoms with Gasteiger partial charge >= 0.3 is 0 Å². The highest BCUT2D eigenvalue weighted by Gasteiger charge is 2.39. The average molecular weight is 321 g/mol. The number of ether oxygens (including phenoxy) is 1. The molecule has 4 nitrogen and oxygen atoms in total. The molecule has 1 aromatic carbocycles. The van der Waals surface area contributed by atoms with Gasteiger partial charge in [0.2, 0.25) is 5.91 Å². The highest BCUT2D eigenvalue weighted by Crippen LogP contribution is 2.32. The van der Waals surface area contributed by atoms with E-state index in [9.17, 15) is 14.3 Å². The molecule has 1 heterocycles. The van der Waals surface area contributed by atoms with Crippen LogP contribution in [-0.2, 0) is 16.0 Å². The Balaban J connectivity index is 1.60. The van der Waals surface area contributed by atoms with Crippen LogP contribution >= 0.6 is 0 Å². The number of carbonyl (C=O) groups is 1. The Morgan fingerprint density at radius 3 is 2.78 bits per heavy atom. The van der Waals surface area contributed by atoms with Crippen molar-refractivity contribution in [2.24, 2.45) is 5.92 Å². The number of aryl methyl sites for hydroxylation is 1. The number of morpholine rings is 1. The molecule has 0 spiro atoms. The zero-order valence-corrected chi connectivity index (χ0v) is 13.3. The van der Waals surface area contributed by atoms with Crippen molar-refractivity contribution in [1.29, 1.82) is 0 Å². The van der Waals surface area contributed by atoms with Crippen molar-refractivity contribution in [2.45, 2.75) is 44.2 Å². The van der Waals surface area contributed by atoms with Crippen molar-refractivity contribution < 1.29 is 19.0 Å². The van der Waals surface area contributed by atoms with Gasteiger partial charge in [-0.2, -0.15) is 0 Å². The smallest absolute Gasteiger partial charge is 0.223 e. The maximum absolute atomic E-state index is 12.9. The fourth-order valence-corrected chi connectivity index (χ4v) is 3.75. The van der Waals surface area contributed by atoms with Gasteiger partial charge in [0.25, 0.3) is 0 Å². The molecule has 2 fully saturated rings. The van der Waals surface area contributed by atoms with Crippen LogP contribution in [0.4, 0.5) is 4.39 Å². The van der Waals surface area contributed by atoms with Crippen molar-refractivity contribution >= 4 is 5.91 Å². The maximum Gasteiger partial charge on any atom is 0.223 e. The molecule has 0 bridgehead atoms. The van der Waals surface area contributed by atoms with Gasteiger partial charge in [0.05, 0.1) is 25.4 Å². The van der Waals surface area contributed by atoms with Crippen LogP contribution < -0.4 is 0 Å². The van der Waals surface area contributed by atoms with Crippen LogP contribution in [0.2, 0.25) is 0 Å². The van der Waals surface area contributed by atoms with Gasteiger partial charge in [-0.1, -0.05) is 18.6 Å². The number of hydrogen-bond donors (Lipinski definition) is 1. The second-order valence-electron chi connectivity index (χ2n) is 6.52. The summed E-state index contributed by atoms with van der Waals surface area (Å²) in [7, 11) is 0. The summed E-state index contributed by atoms with van der Waals surface area (Å²) in [6, 6.07) is 6.28. The number of hydrogen-bond acceptors (Lipinski definition) is 3. The lowest BCUT2D eigenvalue weighted by molar-refractivity contribution is -0.143. The molecule has 23 heavy (non-hydrogen) atoms. The SMILES string of the molecule is O=C(CCc1ccc(F)cc1)N1CCOC[C@@H]1[C@H]1CCC[C@@H]1O. The summed E-state index contributed by atoms with van der Waals surface area (Å²) in [6.45, 7) is 1.67. The molecule has 0 unspecified atom stereocenters. The van der Waals surface area contributed by atoms with E-state index >= 15 is 0 Å². The number of aliphatic hydroxyl groups is 1. The highest BCUT2D eigenvalue weighted by molar-refractivity contribution is 5.77. The van der Waals surface area contributed by atoms with E-state index in [0.717, 1.165) is 24.8 Å². The van der Waals surface area contributed by atoms with E-state index in [4.69, 9.17) is 4.74 Å². The highest BCUT2D eigenvalue weighted by atomic mass is 19.1. The Bertz CT molecular complexity index is 534. The monoisotopic (exact) mass is 321 g/mol. The van der Waals surface area contributed by atoms with Gasteiger partial charge in [0, 0.05) is 18.9 Å². The first kappa shape index (κ1) is 16.4. The van der Waals surface area contributed by atoms with E-state index in [1.807, 2.05) is 4.90 Å². The molecule has 2 aliphatic rings. The lowest BCUT2D eigenvalue weighted by Gasteiger charge is -2.40. The second-order valence-corrected chi connectivity index (χ2v) is 6.52. The number of rotatable bonds is 4. The molecule has 1 aromatic rings. The number of aliphatic hydroxyl groups excluding tert-OH is 1. The lowest BCUT2D eigenvalue weighted by Crippen LogP contribution is -2.53. The van der Waals surface area contributed by atoms with Crippen LogP contribution in [0.1, 0.15) is 31.2 Å². The fraction of sp³-hybridized carbons (Fsp3) is 0.611. The third kappa shape index (κ3) is 3.90. The third-order valence-corrected chi connectivity index (χ3v) is 5.05. The van der Waals surface area contributed by atoms with Crippen molar-refractivity contribution in [2.75, 3.05) is 19.8 Å². The largest absolute Gasteiger partial charge is 0.393 e. The molecule has 1 aliphatic heterocycles. The van der Waals surface area contributed by atoms with Gasteiger partial charge in [-0.05, 0) is 37.0 Å². The van der Waals surface area contributed by atoms with Crippen molar-refractivity contribution in [3.8, 4) is 0 Å². The predicted octanol–water partition coefficient (Wildman–Crippen LogP) is 2.15. The molecule has 1 saturated heterocycles. The van der Waals surface area contributed by atoms with E-state index in [-0.39, 0.29) is 29.8 Å². The van der Waals surface area contributed by atoms with Gasteiger partial charge in [-0.3, -0.25) is 4.79 Å². The Morgan fingerprint density at radius 2 is 2.09 bits per heavy atom. The Labute approximate surface area is 136 Å². The van der Waals surface area contributed by atoms with Crippen LogP contribution in [0.3, 0.4) is 0 Å². The average Bonchev–Trinajstić information content (AvgIpc) is 3.00. The lowest BCUT2D eigenvalue weighted by atomic mass is 9.93. The van der Waals surface area contributed by atoms with E-state index in [1.54, 1.807) is 12.1 Å². The van der Waals surface area contributed by atoms with E-state index in [1.165, 1.54) is 12.1 Å². The number of benzene rings is 1. The minimum absolute atomic E-state index is 0.0121.